The van der Waals surface area contributed by atoms with Crippen molar-refractivity contribution in [2.45, 2.75) is 25.7 Å². The van der Waals surface area contributed by atoms with Crippen molar-refractivity contribution in [2.24, 2.45) is 5.41 Å². The zero-order valence-corrected chi connectivity index (χ0v) is 13.0. The van der Waals surface area contributed by atoms with Crippen molar-refractivity contribution < 1.29 is 14.4 Å². The highest BCUT2D eigenvalue weighted by Gasteiger charge is 2.51. The van der Waals surface area contributed by atoms with E-state index in [1.165, 1.54) is 6.92 Å². The van der Waals surface area contributed by atoms with Gasteiger partial charge in [0.25, 0.3) is 0 Å². The fourth-order valence-corrected chi connectivity index (χ4v) is 3.57. The average Bonchev–Trinajstić information content (AvgIpc) is 2.87. The molecule has 0 saturated carbocycles. The molecule has 0 bridgehead atoms. The Morgan fingerprint density at radius 1 is 1.13 bits per heavy atom. The van der Waals surface area contributed by atoms with Crippen molar-refractivity contribution >= 4 is 17.9 Å². The molecule has 0 N–H and O–H groups in total. The van der Waals surface area contributed by atoms with Gasteiger partial charge in [-0.1, -0.05) is 54.6 Å². The van der Waals surface area contributed by atoms with Gasteiger partial charge in [0, 0.05) is 17.9 Å². The van der Waals surface area contributed by atoms with Crippen molar-refractivity contribution in [3.05, 3.63) is 71.3 Å². The molecule has 0 fully saturated rings. The van der Waals surface area contributed by atoms with Crippen molar-refractivity contribution in [3.8, 4) is 0 Å². The number of Topliss-reactive ketones (excluding diaryl/α,β-unsaturated/α-hetero) is 2. The van der Waals surface area contributed by atoms with Crippen LogP contribution in [0.5, 0.6) is 0 Å². The molecule has 2 atom stereocenters. The second-order valence-electron chi connectivity index (χ2n) is 6.19. The molecule has 0 spiro atoms. The van der Waals surface area contributed by atoms with Gasteiger partial charge in [-0.25, -0.2) is 0 Å². The summed E-state index contributed by atoms with van der Waals surface area (Å²) in [6.07, 6.45) is 1.30. The normalized spacial score (nSPS) is 20.8. The Morgan fingerprint density at radius 2 is 1.78 bits per heavy atom. The summed E-state index contributed by atoms with van der Waals surface area (Å²) in [7, 11) is 0. The van der Waals surface area contributed by atoms with Gasteiger partial charge in [0.05, 0.1) is 0 Å². The molecule has 0 radical (unpaired) electrons. The van der Waals surface area contributed by atoms with Gasteiger partial charge >= 0.3 is 0 Å². The zero-order chi connectivity index (χ0) is 16.4. The topological polar surface area (TPSA) is 51.2 Å². The monoisotopic (exact) mass is 306 g/mol. The number of benzene rings is 2. The van der Waals surface area contributed by atoms with Gasteiger partial charge in [0.1, 0.15) is 17.5 Å². The number of fused-ring (bicyclic) bond motifs is 1. The molecule has 2 aromatic rings. The van der Waals surface area contributed by atoms with Crippen molar-refractivity contribution in [3.63, 3.8) is 0 Å². The van der Waals surface area contributed by atoms with Crippen LogP contribution in [0.15, 0.2) is 54.6 Å². The third kappa shape index (κ3) is 2.52. The number of hydrogen-bond acceptors (Lipinski definition) is 3. The van der Waals surface area contributed by atoms with Crippen molar-refractivity contribution in [2.75, 3.05) is 0 Å². The number of carbonyl (C=O) groups excluding carboxylic acids is 3. The second kappa shape index (κ2) is 5.92. The quantitative estimate of drug-likeness (QED) is 0.628. The van der Waals surface area contributed by atoms with E-state index in [2.05, 4.69) is 0 Å². The number of aldehydes is 1. The van der Waals surface area contributed by atoms with Crippen molar-refractivity contribution in [1.82, 2.24) is 0 Å². The first-order chi connectivity index (χ1) is 11.1. The van der Waals surface area contributed by atoms with Gasteiger partial charge < -0.3 is 9.59 Å². The van der Waals surface area contributed by atoms with E-state index in [1.54, 1.807) is 12.1 Å². The minimum Gasteiger partial charge on any atom is -0.302 e. The van der Waals surface area contributed by atoms with Crippen LogP contribution in [0.3, 0.4) is 0 Å². The summed E-state index contributed by atoms with van der Waals surface area (Å²) in [5.74, 6) is -0.624. The van der Waals surface area contributed by atoms with Crippen LogP contribution in [-0.4, -0.2) is 17.9 Å². The Kier molecular flexibility index (Phi) is 3.95. The van der Waals surface area contributed by atoms with Crippen LogP contribution in [0.1, 0.15) is 40.7 Å². The van der Waals surface area contributed by atoms with E-state index in [-0.39, 0.29) is 18.0 Å². The molecule has 2 unspecified atom stereocenters. The first-order valence-electron chi connectivity index (χ1n) is 7.72. The van der Waals surface area contributed by atoms with Crippen LogP contribution in [0.2, 0.25) is 0 Å². The number of hydrogen-bond donors (Lipinski definition) is 0. The van der Waals surface area contributed by atoms with E-state index in [0.717, 1.165) is 17.4 Å². The summed E-state index contributed by atoms with van der Waals surface area (Å²) < 4.78 is 0. The van der Waals surface area contributed by atoms with Crippen LogP contribution < -0.4 is 0 Å². The summed E-state index contributed by atoms with van der Waals surface area (Å²) in [6, 6.07) is 16.7. The standard InChI is InChI=1S/C20H18O3/c1-14(22)11-18(15-7-3-2-4-8-15)20(13-21)12-16-9-5-6-10-17(16)19(20)23/h2-10,13,18H,11-12H2,1H3. The Labute approximate surface area is 135 Å². The molecule has 0 heterocycles. The Morgan fingerprint density at radius 3 is 2.39 bits per heavy atom. The molecular weight excluding hydrogens is 288 g/mol. The smallest absolute Gasteiger partial charge is 0.177 e. The lowest BCUT2D eigenvalue weighted by Crippen LogP contribution is -2.38. The van der Waals surface area contributed by atoms with Gasteiger partial charge in [-0.3, -0.25) is 4.79 Å². The molecule has 23 heavy (non-hydrogen) atoms. The summed E-state index contributed by atoms with van der Waals surface area (Å²) in [5.41, 5.74) is 1.16. The summed E-state index contributed by atoms with van der Waals surface area (Å²) in [5, 5.41) is 0. The van der Waals surface area contributed by atoms with Crippen LogP contribution >= 0.6 is 0 Å². The van der Waals surface area contributed by atoms with E-state index in [9.17, 15) is 14.4 Å². The van der Waals surface area contributed by atoms with Gasteiger partial charge in [-0.05, 0) is 24.5 Å². The molecule has 2 aromatic carbocycles. The van der Waals surface area contributed by atoms with Gasteiger partial charge in [0.15, 0.2) is 5.78 Å². The Bertz CT molecular complexity index is 763. The van der Waals surface area contributed by atoms with E-state index >= 15 is 0 Å². The third-order valence-corrected chi connectivity index (χ3v) is 4.69. The predicted octanol–water partition coefficient (Wildman–Crippen LogP) is 3.37. The maximum Gasteiger partial charge on any atom is 0.177 e. The lowest BCUT2D eigenvalue weighted by atomic mass is 9.68. The van der Waals surface area contributed by atoms with Gasteiger partial charge in [-0.15, -0.1) is 0 Å². The average molecular weight is 306 g/mol. The molecule has 1 aliphatic rings. The minimum atomic E-state index is -1.18. The third-order valence-electron chi connectivity index (χ3n) is 4.69. The van der Waals surface area contributed by atoms with Gasteiger partial charge in [0.2, 0.25) is 0 Å². The zero-order valence-electron chi connectivity index (χ0n) is 13.0. The summed E-state index contributed by atoms with van der Waals surface area (Å²) in [6.45, 7) is 1.50. The fourth-order valence-electron chi connectivity index (χ4n) is 3.57. The molecular formula is C20H18O3. The fraction of sp³-hybridized carbons (Fsp3) is 0.250. The van der Waals surface area contributed by atoms with Crippen molar-refractivity contribution in [1.29, 1.82) is 0 Å². The van der Waals surface area contributed by atoms with Gasteiger partial charge in [-0.2, -0.15) is 0 Å². The largest absolute Gasteiger partial charge is 0.302 e. The Hall–Kier alpha value is -2.55. The first-order valence-corrected chi connectivity index (χ1v) is 7.72. The maximum absolute atomic E-state index is 13.0. The maximum atomic E-state index is 13.0. The van der Waals surface area contributed by atoms with Crippen LogP contribution in [0.25, 0.3) is 0 Å². The van der Waals surface area contributed by atoms with Crippen LogP contribution in [-0.2, 0) is 16.0 Å². The van der Waals surface area contributed by atoms with Crippen LogP contribution in [0, 0.1) is 5.41 Å². The highest BCUT2D eigenvalue weighted by atomic mass is 16.1. The molecule has 3 heteroatoms. The molecule has 0 saturated heterocycles. The van der Waals surface area contributed by atoms with E-state index in [4.69, 9.17) is 0 Å². The first kappa shape index (κ1) is 15.3. The Balaban J connectivity index is 2.12. The molecule has 3 rings (SSSR count). The summed E-state index contributed by atoms with van der Waals surface area (Å²) >= 11 is 0. The second-order valence-corrected chi connectivity index (χ2v) is 6.19. The van der Waals surface area contributed by atoms with E-state index in [0.29, 0.717) is 12.0 Å². The molecule has 0 aliphatic heterocycles. The number of carbonyl (C=O) groups is 3. The molecule has 116 valence electrons. The molecule has 0 aromatic heterocycles. The number of rotatable bonds is 5. The van der Waals surface area contributed by atoms with Crippen LogP contribution in [0.4, 0.5) is 0 Å². The number of ketones is 2. The van der Waals surface area contributed by atoms with E-state index in [1.807, 2.05) is 42.5 Å². The SMILES string of the molecule is CC(=O)CC(c1ccccc1)C1(C=O)Cc2ccccc2C1=O. The lowest BCUT2D eigenvalue weighted by molar-refractivity contribution is -0.119. The minimum absolute atomic E-state index is 0.0242. The lowest BCUT2D eigenvalue weighted by Gasteiger charge is -2.31. The highest BCUT2D eigenvalue weighted by molar-refractivity contribution is 6.13. The molecule has 0 amide bonds. The summed E-state index contributed by atoms with van der Waals surface area (Å²) in [4.78, 5) is 36.9. The predicted molar refractivity (Wildman–Crippen MR) is 87.5 cm³/mol. The van der Waals surface area contributed by atoms with E-state index < -0.39 is 11.3 Å². The molecule has 1 aliphatic carbocycles. The molecule has 3 nitrogen and oxygen atoms in total. The highest BCUT2D eigenvalue weighted by Crippen LogP contribution is 2.47.